The maximum Gasteiger partial charge on any atom is 0.119 e. The van der Waals surface area contributed by atoms with Gasteiger partial charge in [-0.25, -0.2) is 0 Å². The summed E-state index contributed by atoms with van der Waals surface area (Å²) in [5, 5.41) is 0. The van der Waals surface area contributed by atoms with Crippen LogP contribution in [0.4, 0.5) is 0 Å². The van der Waals surface area contributed by atoms with Crippen LogP contribution in [0.25, 0.3) is 0 Å². The second-order valence-corrected chi connectivity index (χ2v) is 7.63. The van der Waals surface area contributed by atoms with Gasteiger partial charge in [-0.05, 0) is 86.8 Å². The van der Waals surface area contributed by atoms with Crippen LogP contribution in [-0.4, -0.2) is 6.61 Å². The Kier molecular flexibility index (Phi) is 5.44. The fraction of sp³-hybridized carbons (Fsp3) is 0.714. The Bertz CT molecular complexity index is 433. The van der Waals surface area contributed by atoms with Crippen molar-refractivity contribution in [3.63, 3.8) is 0 Å². The molecule has 1 aromatic rings. The van der Waals surface area contributed by atoms with E-state index < -0.39 is 0 Å². The van der Waals surface area contributed by atoms with Crippen molar-refractivity contribution in [3.8, 4) is 5.75 Å². The standard InChI is InChI=1S/C21H32O/c1-3-22-21-14-12-20(13-15-21)19-10-8-18(9-11-19)17-6-4-16(2)5-7-17/h12-19H,3-11H2,1-2H3. The molecule has 0 bridgehead atoms. The van der Waals surface area contributed by atoms with Crippen LogP contribution >= 0.6 is 0 Å². The Morgan fingerprint density at radius 2 is 1.36 bits per heavy atom. The van der Waals surface area contributed by atoms with Crippen LogP contribution in [0.2, 0.25) is 0 Å². The van der Waals surface area contributed by atoms with Crippen LogP contribution in [0.1, 0.15) is 76.7 Å². The Morgan fingerprint density at radius 3 is 1.91 bits per heavy atom. The van der Waals surface area contributed by atoms with Crippen molar-refractivity contribution in [2.45, 2.75) is 71.1 Å². The van der Waals surface area contributed by atoms with Gasteiger partial charge in [-0.2, -0.15) is 0 Å². The summed E-state index contributed by atoms with van der Waals surface area (Å²) < 4.78 is 5.55. The van der Waals surface area contributed by atoms with Crippen molar-refractivity contribution in [2.75, 3.05) is 6.61 Å². The van der Waals surface area contributed by atoms with Gasteiger partial charge in [-0.3, -0.25) is 0 Å². The van der Waals surface area contributed by atoms with Gasteiger partial charge < -0.3 is 4.74 Å². The van der Waals surface area contributed by atoms with Gasteiger partial charge in [-0.15, -0.1) is 0 Å². The molecule has 2 aliphatic rings. The summed E-state index contributed by atoms with van der Waals surface area (Å²) in [4.78, 5) is 0. The molecule has 1 nitrogen and oxygen atoms in total. The van der Waals surface area contributed by atoms with E-state index in [0.717, 1.165) is 36.0 Å². The zero-order valence-electron chi connectivity index (χ0n) is 14.4. The molecule has 0 saturated heterocycles. The van der Waals surface area contributed by atoms with E-state index in [1.165, 1.54) is 56.9 Å². The van der Waals surface area contributed by atoms with Gasteiger partial charge in [0.2, 0.25) is 0 Å². The third kappa shape index (κ3) is 3.86. The average Bonchev–Trinajstić information content (AvgIpc) is 2.57. The van der Waals surface area contributed by atoms with Crippen LogP contribution in [0.5, 0.6) is 5.75 Å². The number of ether oxygens (including phenoxy) is 1. The fourth-order valence-corrected chi connectivity index (χ4v) is 4.68. The van der Waals surface area contributed by atoms with Crippen LogP contribution in [-0.2, 0) is 0 Å². The highest BCUT2D eigenvalue weighted by Gasteiger charge is 2.30. The van der Waals surface area contributed by atoms with Gasteiger partial charge >= 0.3 is 0 Å². The first kappa shape index (κ1) is 15.9. The molecule has 0 atom stereocenters. The molecule has 0 aromatic heterocycles. The van der Waals surface area contributed by atoms with Gasteiger partial charge in [0, 0.05) is 0 Å². The third-order valence-electron chi connectivity index (χ3n) is 6.16. The van der Waals surface area contributed by atoms with E-state index in [1.807, 2.05) is 6.92 Å². The molecule has 1 aromatic carbocycles. The predicted molar refractivity (Wildman–Crippen MR) is 93.4 cm³/mol. The monoisotopic (exact) mass is 300 g/mol. The molecule has 122 valence electrons. The molecule has 2 aliphatic carbocycles. The molecule has 0 radical (unpaired) electrons. The van der Waals surface area contributed by atoms with Gasteiger partial charge in [-0.1, -0.05) is 31.9 Å². The van der Waals surface area contributed by atoms with E-state index in [-0.39, 0.29) is 0 Å². The zero-order valence-corrected chi connectivity index (χ0v) is 14.4. The maximum atomic E-state index is 5.55. The summed E-state index contributed by atoms with van der Waals surface area (Å²) in [5.41, 5.74) is 1.53. The molecule has 0 aliphatic heterocycles. The van der Waals surface area contributed by atoms with E-state index >= 15 is 0 Å². The van der Waals surface area contributed by atoms with Gasteiger partial charge in [0.15, 0.2) is 0 Å². The number of hydrogen-bond acceptors (Lipinski definition) is 1. The highest BCUT2D eigenvalue weighted by molar-refractivity contribution is 5.29. The molecule has 1 heteroatoms. The van der Waals surface area contributed by atoms with Gasteiger partial charge in [0.1, 0.15) is 5.75 Å². The normalized spacial score (nSPS) is 32.6. The predicted octanol–water partition coefficient (Wildman–Crippen LogP) is 6.19. The SMILES string of the molecule is CCOc1ccc(C2CCC(C3CCC(C)CC3)CC2)cc1. The van der Waals surface area contributed by atoms with E-state index in [0.29, 0.717) is 0 Å². The molecule has 3 rings (SSSR count). The summed E-state index contributed by atoms with van der Waals surface area (Å²) >= 11 is 0. The van der Waals surface area contributed by atoms with E-state index in [2.05, 4.69) is 31.2 Å². The third-order valence-corrected chi connectivity index (χ3v) is 6.16. The lowest BCUT2D eigenvalue weighted by Crippen LogP contribution is -2.24. The van der Waals surface area contributed by atoms with Crippen LogP contribution in [0, 0.1) is 17.8 Å². The Morgan fingerprint density at radius 1 is 0.818 bits per heavy atom. The lowest BCUT2D eigenvalue weighted by atomic mass is 9.68. The molecule has 0 heterocycles. The number of rotatable bonds is 4. The Labute approximate surface area is 136 Å². The minimum atomic E-state index is 0.754. The van der Waals surface area contributed by atoms with E-state index in [1.54, 1.807) is 0 Å². The lowest BCUT2D eigenvalue weighted by molar-refractivity contribution is 0.165. The van der Waals surface area contributed by atoms with Crippen LogP contribution in [0.3, 0.4) is 0 Å². The van der Waals surface area contributed by atoms with Crippen LogP contribution in [0.15, 0.2) is 24.3 Å². The van der Waals surface area contributed by atoms with Gasteiger partial charge in [0.05, 0.1) is 6.61 Å². The lowest BCUT2D eigenvalue weighted by Gasteiger charge is -2.37. The van der Waals surface area contributed by atoms with Crippen molar-refractivity contribution >= 4 is 0 Å². The summed E-state index contributed by atoms with van der Waals surface area (Å²) in [6.45, 7) is 5.23. The highest BCUT2D eigenvalue weighted by Crippen LogP contribution is 2.43. The largest absolute Gasteiger partial charge is 0.494 e. The minimum Gasteiger partial charge on any atom is -0.494 e. The summed E-state index contributed by atoms with van der Waals surface area (Å²) in [7, 11) is 0. The van der Waals surface area contributed by atoms with Crippen molar-refractivity contribution in [2.24, 2.45) is 17.8 Å². The quantitative estimate of drug-likeness (QED) is 0.644. The topological polar surface area (TPSA) is 9.23 Å². The summed E-state index contributed by atoms with van der Waals surface area (Å²) in [6.07, 6.45) is 11.6. The highest BCUT2D eigenvalue weighted by atomic mass is 16.5. The molecular weight excluding hydrogens is 268 g/mol. The number of hydrogen-bond donors (Lipinski definition) is 0. The average molecular weight is 300 g/mol. The minimum absolute atomic E-state index is 0.754. The van der Waals surface area contributed by atoms with Gasteiger partial charge in [0.25, 0.3) is 0 Å². The Hall–Kier alpha value is -0.980. The second kappa shape index (κ2) is 7.53. The number of benzene rings is 1. The summed E-state index contributed by atoms with van der Waals surface area (Å²) in [5.74, 6) is 4.84. The van der Waals surface area contributed by atoms with Crippen molar-refractivity contribution in [1.82, 2.24) is 0 Å². The molecular formula is C21H32O. The van der Waals surface area contributed by atoms with E-state index in [4.69, 9.17) is 4.74 Å². The van der Waals surface area contributed by atoms with Crippen molar-refractivity contribution in [1.29, 1.82) is 0 Å². The molecule has 2 saturated carbocycles. The molecule has 2 fully saturated rings. The molecule has 0 unspecified atom stereocenters. The van der Waals surface area contributed by atoms with Crippen molar-refractivity contribution in [3.05, 3.63) is 29.8 Å². The first-order chi connectivity index (χ1) is 10.8. The first-order valence-corrected chi connectivity index (χ1v) is 9.49. The molecule has 0 spiro atoms. The maximum absolute atomic E-state index is 5.55. The zero-order chi connectivity index (χ0) is 15.4. The van der Waals surface area contributed by atoms with Crippen molar-refractivity contribution < 1.29 is 4.74 Å². The van der Waals surface area contributed by atoms with Crippen LogP contribution < -0.4 is 4.74 Å². The fourth-order valence-electron chi connectivity index (χ4n) is 4.68. The molecule has 0 N–H and O–H groups in total. The summed E-state index contributed by atoms with van der Waals surface area (Å²) in [6, 6.07) is 8.87. The smallest absolute Gasteiger partial charge is 0.119 e. The molecule has 22 heavy (non-hydrogen) atoms. The first-order valence-electron chi connectivity index (χ1n) is 9.49. The Balaban J connectivity index is 1.50. The second-order valence-electron chi connectivity index (χ2n) is 7.63. The van der Waals surface area contributed by atoms with E-state index in [9.17, 15) is 0 Å². The molecule has 0 amide bonds.